The van der Waals surface area contributed by atoms with E-state index in [1.807, 2.05) is 0 Å². The van der Waals surface area contributed by atoms with Gasteiger partial charge in [-0.15, -0.1) is 0 Å². The lowest BCUT2D eigenvalue weighted by molar-refractivity contribution is 0.0593. The van der Waals surface area contributed by atoms with Crippen LogP contribution in [-0.2, 0) is 4.74 Å². The molecule has 0 aliphatic rings. The van der Waals surface area contributed by atoms with Crippen LogP contribution in [0.15, 0.2) is 6.07 Å². The number of ether oxygens (including phenoxy) is 1. The molecule has 1 aromatic rings. The van der Waals surface area contributed by atoms with Crippen LogP contribution in [0.4, 0.5) is 0 Å². The van der Waals surface area contributed by atoms with Crippen LogP contribution in [0.5, 0.6) is 17.2 Å². The number of carbonyl (C=O) groups is 1. The molecule has 0 saturated carbocycles. The number of esters is 1. The Bertz CT molecular complexity index is 383. The van der Waals surface area contributed by atoms with E-state index in [-0.39, 0.29) is 5.56 Å². The molecule has 3 N–H and O–H groups in total. The van der Waals surface area contributed by atoms with Crippen LogP contribution in [0, 0.1) is 6.92 Å². The predicted octanol–water partition coefficient (Wildman–Crippen LogP) is 0.898. The molecule has 0 amide bonds. The molecule has 1 rings (SSSR count). The molecule has 0 aliphatic carbocycles. The highest BCUT2D eigenvalue weighted by molar-refractivity contribution is 5.96. The van der Waals surface area contributed by atoms with E-state index in [1.165, 1.54) is 13.0 Å². The van der Waals surface area contributed by atoms with Crippen molar-refractivity contribution in [3.8, 4) is 17.2 Å². The van der Waals surface area contributed by atoms with Gasteiger partial charge in [0.15, 0.2) is 11.5 Å². The molecule has 0 radical (unpaired) electrons. The number of hydrogen-bond donors (Lipinski definition) is 3. The fraction of sp³-hybridized carbons (Fsp3) is 0.222. The number of benzene rings is 1. The van der Waals surface area contributed by atoms with E-state index < -0.39 is 28.8 Å². The molecule has 0 bridgehead atoms. The molecule has 0 aromatic heterocycles. The van der Waals surface area contributed by atoms with Crippen LogP contribution in [0.25, 0.3) is 0 Å². The van der Waals surface area contributed by atoms with Gasteiger partial charge >= 0.3 is 5.97 Å². The Kier molecular flexibility index (Phi) is 2.51. The normalized spacial score (nSPS) is 9.86. The van der Waals surface area contributed by atoms with Gasteiger partial charge in [-0.25, -0.2) is 4.79 Å². The van der Waals surface area contributed by atoms with Gasteiger partial charge in [0, 0.05) is 0 Å². The van der Waals surface area contributed by atoms with Gasteiger partial charge in [-0.2, -0.15) is 0 Å². The third kappa shape index (κ3) is 1.44. The van der Waals surface area contributed by atoms with Crippen molar-refractivity contribution in [2.45, 2.75) is 6.92 Å². The highest BCUT2D eigenvalue weighted by Crippen LogP contribution is 2.38. The molecule has 0 fully saturated rings. The molecule has 0 atom stereocenters. The first-order valence-electron chi connectivity index (χ1n) is 3.81. The Morgan fingerprint density at radius 2 is 1.86 bits per heavy atom. The topological polar surface area (TPSA) is 87.0 Å². The monoisotopic (exact) mass is 198 g/mol. The fourth-order valence-corrected chi connectivity index (χ4v) is 1.08. The molecule has 76 valence electrons. The van der Waals surface area contributed by atoms with E-state index in [2.05, 4.69) is 4.74 Å². The van der Waals surface area contributed by atoms with Crippen molar-refractivity contribution < 1.29 is 24.9 Å². The smallest absolute Gasteiger partial charge is 0.345 e. The largest absolute Gasteiger partial charge is 0.507 e. The van der Waals surface area contributed by atoms with E-state index in [9.17, 15) is 20.1 Å². The van der Waals surface area contributed by atoms with E-state index in [0.717, 1.165) is 7.11 Å². The zero-order valence-corrected chi connectivity index (χ0v) is 7.74. The van der Waals surface area contributed by atoms with Gasteiger partial charge in [-0.05, 0) is 18.6 Å². The summed E-state index contributed by atoms with van der Waals surface area (Å²) >= 11 is 0. The fourth-order valence-electron chi connectivity index (χ4n) is 1.08. The minimum atomic E-state index is -0.907. The second kappa shape index (κ2) is 3.45. The Labute approximate surface area is 80.2 Å². The standard InChI is InChI=1S/C9H10O5/c1-4-3-5(10)6(9(13)14-2)8(12)7(4)11/h3,10-12H,1-2H3. The van der Waals surface area contributed by atoms with E-state index in [1.54, 1.807) is 0 Å². The molecule has 0 saturated heterocycles. The molecule has 0 heterocycles. The van der Waals surface area contributed by atoms with Gasteiger partial charge in [0.05, 0.1) is 7.11 Å². The molecule has 5 heteroatoms. The third-order valence-corrected chi connectivity index (χ3v) is 1.83. The van der Waals surface area contributed by atoms with Crippen LogP contribution in [0.2, 0.25) is 0 Å². The zero-order valence-electron chi connectivity index (χ0n) is 7.74. The van der Waals surface area contributed by atoms with Crippen molar-refractivity contribution in [3.05, 3.63) is 17.2 Å². The lowest BCUT2D eigenvalue weighted by atomic mass is 10.1. The van der Waals surface area contributed by atoms with Crippen molar-refractivity contribution in [2.75, 3.05) is 7.11 Å². The van der Waals surface area contributed by atoms with Crippen molar-refractivity contribution in [3.63, 3.8) is 0 Å². The summed E-state index contributed by atoms with van der Waals surface area (Å²) in [6.07, 6.45) is 0. The van der Waals surface area contributed by atoms with Crippen LogP contribution in [0.1, 0.15) is 15.9 Å². The van der Waals surface area contributed by atoms with E-state index in [0.29, 0.717) is 0 Å². The maximum atomic E-state index is 11.1. The number of phenols is 3. The maximum absolute atomic E-state index is 11.1. The summed E-state index contributed by atoms with van der Waals surface area (Å²) in [6.45, 7) is 1.48. The quantitative estimate of drug-likeness (QED) is 0.354. The summed E-state index contributed by atoms with van der Waals surface area (Å²) in [5, 5.41) is 28.0. The van der Waals surface area contributed by atoms with E-state index in [4.69, 9.17) is 0 Å². The van der Waals surface area contributed by atoms with Gasteiger partial charge in [-0.3, -0.25) is 0 Å². The van der Waals surface area contributed by atoms with Crippen molar-refractivity contribution >= 4 is 5.97 Å². The summed E-state index contributed by atoms with van der Waals surface area (Å²) in [7, 11) is 1.11. The van der Waals surface area contributed by atoms with Crippen molar-refractivity contribution in [2.24, 2.45) is 0 Å². The first-order chi connectivity index (χ1) is 6.49. The Morgan fingerprint density at radius 1 is 1.29 bits per heavy atom. The number of aromatic hydroxyl groups is 3. The van der Waals surface area contributed by atoms with Crippen LogP contribution in [-0.4, -0.2) is 28.4 Å². The average molecular weight is 198 g/mol. The zero-order chi connectivity index (χ0) is 10.9. The molecule has 0 aliphatic heterocycles. The predicted molar refractivity (Wildman–Crippen MR) is 47.5 cm³/mol. The molecule has 5 nitrogen and oxygen atoms in total. The Hall–Kier alpha value is -1.91. The maximum Gasteiger partial charge on any atom is 0.345 e. The summed E-state index contributed by atoms with van der Waals surface area (Å²) in [5.74, 6) is -2.45. The minimum absolute atomic E-state index is 0.271. The molecular formula is C9H10O5. The highest BCUT2D eigenvalue weighted by Gasteiger charge is 2.21. The van der Waals surface area contributed by atoms with Gasteiger partial charge in [0.25, 0.3) is 0 Å². The number of rotatable bonds is 1. The second-order valence-corrected chi connectivity index (χ2v) is 2.78. The number of methoxy groups -OCH3 is 1. The van der Waals surface area contributed by atoms with Crippen LogP contribution >= 0.6 is 0 Å². The lowest BCUT2D eigenvalue weighted by Gasteiger charge is -2.08. The number of aryl methyl sites for hydroxylation is 1. The SMILES string of the molecule is COC(=O)c1c(O)cc(C)c(O)c1O. The molecule has 1 aromatic carbocycles. The summed E-state index contributed by atoms with van der Waals surface area (Å²) in [5.41, 5.74) is -0.164. The lowest BCUT2D eigenvalue weighted by Crippen LogP contribution is -2.02. The first kappa shape index (κ1) is 10.2. The van der Waals surface area contributed by atoms with E-state index >= 15 is 0 Å². The Balaban J connectivity index is 3.44. The number of carbonyl (C=O) groups excluding carboxylic acids is 1. The summed E-state index contributed by atoms with van der Waals surface area (Å²) < 4.78 is 4.32. The van der Waals surface area contributed by atoms with Crippen molar-refractivity contribution in [1.82, 2.24) is 0 Å². The number of hydrogen-bond acceptors (Lipinski definition) is 5. The van der Waals surface area contributed by atoms with Crippen LogP contribution in [0.3, 0.4) is 0 Å². The van der Waals surface area contributed by atoms with Gasteiger partial charge in [0.1, 0.15) is 11.3 Å². The second-order valence-electron chi connectivity index (χ2n) is 2.78. The summed E-state index contributed by atoms with van der Waals surface area (Å²) in [4.78, 5) is 11.1. The summed E-state index contributed by atoms with van der Waals surface area (Å²) in [6, 6.07) is 1.17. The highest BCUT2D eigenvalue weighted by atomic mass is 16.5. The molecule has 14 heavy (non-hydrogen) atoms. The third-order valence-electron chi connectivity index (χ3n) is 1.83. The first-order valence-corrected chi connectivity index (χ1v) is 3.81. The van der Waals surface area contributed by atoms with Gasteiger partial charge in [0.2, 0.25) is 0 Å². The Morgan fingerprint density at radius 3 is 2.36 bits per heavy atom. The molecule has 0 unspecified atom stereocenters. The van der Waals surface area contributed by atoms with Crippen molar-refractivity contribution in [1.29, 1.82) is 0 Å². The minimum Gasteiger partial charge on any atom is -0.507 e. The average Bonchev–Trinajstić information content (AvgIpc) is 2.14. The molecule has 0 spiro atoms. The number of phenolic OH excluding ortho intramolecular Hbond substituents is 3. The van der Waals surface area contributed by atoms with Gasteiger partial charge in [-0.1, -0.05) is 0 Å². The van der Waals surface area contributed by atoms with Crippen LogP contribution < -0.4 is 0 Å². The van der Waals surface area contributed by atoms with Gasteiger partial charge < -0.3 is 20.1 Å². The molecular weight excluding hydrogens is 188 g/mol.